The van der Waals surface area contributed by atoms with Gasteiger partial charge in [0, 0.05) is 34.7 Å². The summed E-state index contributed by atoms with van der Waals surface area (Å²) in [4.78, 5) is 15.1. The molecule has 0 saturated heterocycles. The number of hydrogen-bond acceptors (Lipinski definition) is 4. The molecule has 1 heterocycles. The van der Waals surface area contributed by atoms with E-state index in [2.05, 4.69) is 10.3 Å². The normalized spacial score (nSPS) is 12.3. The Balaban J connectivity index is 2.38. The summed E-state index contributed by atoms with van der Waals surface area (Å²) >= 11 is 0. The molecular weight excluding hydrogens is 264 g/mol. The summed E-state index contributed by atoms with van der Waals surface area (Å²) in [5, 5.41) is 13.8. The van der Waals surface area contributed by atoms with E-state index in [4.69, 9.17) is 5.11 Å². The lowest BCUT2D eigenvalue weighted by molar-refractivity contribution is 0.0691. The highest BCUT2D eigenvalue weighted by Crippen LogP contribution is 2.22. The molecule has 0 aliphatic rings. The average molecular weight is 278 g/mol. The second kappa shape index (κ2) is 5.79. The number of rotatable bonds is 5. The van der Waals surface area contributed by atoms with E-state index in [0.29, 0.717) is 18.1 Å². The van der Waals surface area contributed by atoms with E-state index < -0.39 is 16.8 Å². The van der Waals surface area contributed by atoms with Gasteiger partial charge in [0.1, 0.15) is 5.82 Å². The van der Waals surface area contributed by atoms with Crippen molar-refractivity contribution in [2.75, 3.05) is 23.9 Å². The maximum absolute atomic E-state index is 11.0. The molecule has 0 amide bonds. The molecule has 0 bridgehead atoms. The van der Waals surface area contributed by atoms with Crippen molar-refractivity contribution < 1.29 is 14.1 Å². The third kappa shape index (κ3) is 3.29. The Morgan fingerprint density at radius 2 is 2.16 bits per heavy atom. The van der Waals surface area contributed by atoms with E-state index in [9.17, 15) is 9.00 Å². The van der Waals surface area contributed by atoms with Crippen LogP contribution in [0, 0.1) is 0 Å². The third-order valence-corrected chi connectivity index (χ3v) is 3.42. The van der Waals surface area contributed by atoms with E-state index in [1.807, 2.05) is 24.3 Å². The van der Waals surface area contributed by atoms with Crippen LogP contribution in [0.25, 0.3) is 10.8 Å². The number of nitrogens with zero attached hydrogens (tertiary/aromatic N) is 1. The van der Waals surface area contributed by atoms with Gasteiger partial charge in [-0.15, -0.1) is 0 Å². The summed E-state index contributed by atoms with van der Waals surface area (Å²) in [6.45, 7) is 0.489. The van der Waals surface area contributed by atoms with Gasteiger partial charge in [-0.25, -0.2) is 9.78 Å². The van der Waals surface area contributed by atoms with Gasteiger partial charge in [-0.3, -0.25) is 4.21 Å². The van der Waals surface area contributed by atoms with Crippen molar-refractivity contribution >= 4 is 33.4 Å². The molecule has 0 aliphatic carbocycles. The topological polar surface area (TPSA) is 79.3 Å². The zero-order valence-electron chi connectivity index (χ0n) is 10.4. The number of carboxylic acids is 1. The quantitative estimate of drug-likeness (QED) is 0.870. The molecule has 0 saturated carbocycles. The molecule has 2 N–H and O–H groups in total. The number of fused-ring (bicyclic) bond motifs is 1. The fraction of sp³-hybridized carbons (Fsp3) is 0.231. The van der Waals surface area contributed by atoms with Crippen LogP contribution in [-0.2, 0) is 10.8 Å². The zero-order chi connectivity index (χ0) is 13.8. The Labute approximate surface area is 113 Å². The summed E-state index contributed by atoms with van der Waals surface area (Å²) in [6, 6.07) is 8.97. The zero-order valence-corrected chi connectivity index (χ0v) is 11.2. The minimum absolute atomic E-state index is 0.00109. The summed E-state index contributed by atoms with van der Waals surface area (Å²) < 4.78 is 11.0. The highest BCUT2D eigenvalue weighted by Gasteiger charge is 2.10. The number of benzene rings is 1. The number of aromatic nitrogens is 1. The minimum Gasteiger partial charge on any atom is -0.477 e. The molecule has 5 nitrogen and oxygen atoms in total. The first-order chi connectivity index (χ1) is 9.08. The molecule has 1 aromatic carbocycles. The molecule has 1 atom stereocenters. The van der Waals surface area contributed by atoms with Crippen LogP contribution in [0.4, 0.5) is 5.82 Å². The van der Waals surface area contributed by atoms with Crippen LogP contribution < -0.4 is 5.32 Å². The number of pyridine rings is 1. The Morgan fingerprint density at radius 1 is 1.42 bits per heavy atom. The van der Waals surface area contributed by atoms with E-state index in [1.54, 1.807) is 12.3 Å². The Hall–Kier alpha value is -1.95. The van der Waals surface area contributed by atoms with Gasteiger partial charge < -0.3 is 10.4 Å². The highest BCUT2D eigenvalue weighted by molar-refractivity contribution is 7.84. The van der Waals surface area contributed by atoms with Crippen LogP contribution in [0.3, 0.4) is 0 Å². The van der Waals surface area contributed by atoms with Gasteiger partial charge in [0.05, 0.1) is 0 Å². The first-order valence-electron chi connectivity index (χ1n) is 5.75. The number of anilines is 1. The van der Waals surface area contributed by atoms with Crippen molar-refractivity contribution in [2.24, 2.45) is 0 Å². The monoisotopic (exact) mass is 278 g/mol. The first kappa shape index (κ1) is 13.5. The Kier molecular flexibility index (Phi) is 4.11. The van der Waals surface area contributed by atoms with E-state index in [1.165, 1.54) is 0 Å². The number of hydrogen-bond donors (Lipinski definition) is 2. The van der Waals surface area contributed by atoms with Gasteiger partial charge in [-0.05, 0) is 11.5 Å². The fourth-order valence-electron chi connectivity index (χ4n) is 1.76. The molecule has 1 aromatic heterocycles. The molecule has 100 valence electrons. The lowest BCUT2D eigenvalue weighted by Gasteiger charge is -2.09. The van der Waals surface area contributed by atoms with Crippen LogP contribution in [-0.4, -0.2) is 38.8 Å². The number of carboxylic acid groups (broad SMARTS) is 1. The summed E-state index contributed by atoms with van der Waals surface area (Å²) in [5.41, 5.74) is -0.00109. The number of nitrogens with one attached hydrogen (secondary N) is 1. The predicted octanol–water partition coefficient (Wildman–Crippen LogP) is 1.72. The van der Waals surface area contributed by atoms with E-state index in [-0.39, 0.29) is 5.69 Å². The second-order valence-corrected chi connectivity index (χ2v) is 5.64. The van der Waals surface area contributed by atoms with Gasteiger partial charge in [0.25, 0.3) is 0 Å². The van der Waals surface area contributed by atoms with Crippen LogP contribution in [0.1, 0.15) is 10.5 Å². The molecule has 0 aliphatic heterocycles. The molecule has 0 radical (unpaired) electrons. The maximum atomic E-state index is 11.0. The first-order valence-corrected chi connectivity index (χ1v) is 7.47. The SMILES string of the molecule is CS(=O)CCNc1nc(C(=O)O)cc2ccccc12. The Morgan fingerprint density at radius 3 is 2.84 bits per heavy atom. The van der Waals surface area contributed by atoms with E-state index in [0.717, 1.165) is 10.8 Å². The Bertz CT molecular complexity index is 643. The number of aromatic carboxylic acids is 1. The molecule has 6 heteroatoms. The molecule has 0 spiro atoms. The lowest BCUT2D eigenvalue weighted by atomic mass is 10.1. The largest absolute Gasteiger partial charge is 0.477 e. The lowest BCUT2D eigenvalue weighted by Crippen LogP contribution is -2.12. The molecular formula is C13H14N2O3S. The second-order valence-electron chi connectivity index (χ2n) is 4.09. The van der Waals surface area contributed by atoms with Crippen LogP contribution >= 0.6 is 0 Å². The van der Waals surface area contributed by atoms with Gasteiger partial charge in [0.15, 0.2) is 5.69 Å². The van der Waals surface area contributed by atoms with Gasteiger partial charge >= 0.3 is 5.97 Å². The highest BCUT2D eigenvalue weighted by atomic mass is 32.2. The standard InChI is InChI=1S/C13H14N2O3S/c1-19(18)7-6-14-12-10-5-3-2-4-9(10)8-11(15-12)13(16)17/h2-5,8H,6-7H2,1H3,(H,14,15)(H,16,17). The average Bonchev–Trinajstić information content (AvgIpc) is 2.38. The van der Waals surface area contributed by atoms with E-state index >= 15 is 0 Å². The smallest absolute Gasteiger partial charge is 0.354 e. The van der Waals surface area contributed by atoms with Crippen molar-refractivity contribution in [1.29, 1.82) is 0 Å². The van der Waals surface area contributed by atoms with Crippen molar-refractivity contribution in [1.82, 2.24) is 4.98 Å². The minimum atomic E-state index is -1.06. The van der Waals surface area contributed by atoms with Crippen molar-refractivity contribution in [3.63, 3.8) is 0 Å². The molecule has 1 unspecified atom stereocenters. The molecule has 0 fully saturated rings. The number of carbonyl (C=O) groups is 1. The summed E-state index contributed by atoms with van der Waals surface area (Å²) in [7, 11) is -0.894. The van der Waals surface area contributed by atoms with Crippen LogP contribution in [0.5, 0.6) is 0 Å². The third-order valence-electron chi connectivity index (χ3n) is 2.64. The van der Waals surface area contributed by atoms with Crippen molar-refractivity contribution in [3.05, 3.63) is 36.0 Å². The molecule has 19 heavy (non-hydrogen) atoms. The fourth-order valence-corrected chi connectivity index (χ4v) is 2.15. The molecule has 2 aromatic rings. The van der Waals surface area contributed by atoms with Gasteiger partial charge in [-0.2, -0.15) is 0 Å². The van der Waals surface area contributed by atoms with Crippen LogP contribution in [0.2, 0.25) is 0 Å². The van der Waals surface area contributed by atoms with Crippen molar-refractivity contribution in [3.8, 4) is 0 Å². The molecule has 2 rings (SSSR count). The predicted molar refractivity (Wildman–Crippen MR) is 76.1 cm³/mol. The van der Waals surface area contributed by atoms with Crippen LogP contribution in [0.15, 0.2) is 30.3 Å². The van der Waals surface area contributed by atoms with Crippen molar-refractivity contribution in [2.45, 2.75) is 0 Å². The summed E-state index contributed by atoms with van der Waals surface area (Å²) in [5.74, 6) is -0.0540. The van der Waals surface area contributed by atoms with Gasteiger partial charge in [-0.1, -0.05) is 24.3 Å². The maximum Gasteiger partial charge on any atom is 0.354 e. The van der Waals surface area contributed by atoms with Gasteiger partial charge in [0.2, 0.25) is 0 Å². The summed E-state index contributed by atoms with van der Waals surface area (Å²) in [6.07, 6.45) is 1.63.